The standard InChI is InChI=1S/C11H21N.2C10H19N.C8H16N2.C3H8.C2H6.2CH4/c1-12-9-5-8-11(10-12)6-3-2-4-7-11;1-8-3-9-5-10(4-8)7-11(2)6-9;1-11-7-6-9-4-2-3-5-10(9)8-11;1-9-5-6-10-4-2-3-8(10)7-9;1-3-2;1-2;;/h2-10H2,1H3;8-10H,3-7H2,1-2H3;9-10H,2-8H2,1H3;8H,2-7H2,1H3;3H2,1-2H3;1-2H3;2*1H4. The Morgan fingerprint density at radius 2 is 1.10 bits per heavy atom. The first-order chi connectivity index (χ1) is 23.7. The van der Waals surface area contributed by atoms with Crippen LogP contribution in [0.15, 0.2) is 0 Å². The third-order valence-electron chi connectivity index (χ3n) is 13.3. The van der Waals surface area contributed by atoms with Crippen molar-refractivity contribution >= 4 is 0 Å². The number of nitrogens with zero attached hydrogens (tertiary/aromatic N) is 5. The zero-order chi connectivity index (χ0) is 35.6. The van der Waals surface area contributed by atoms with E-state index in [-0.39, 0.29) is 14.9 Å². The highest BCUT2D eigenvalue weighted by Gasteiger charge is 2.35. The van der Waals surface area contributed by atoms with Gasteiger partial charge < -0.3 is 19.6 Å². The number of fused-ring (bicyclic) bond motifs is 4. The molecule has 0 N–H and O–H groups in total. The van der Waals surface area contributed by atoms with Gasteiger partial charge in [-0.3, -0.25) is 4.90 Å². The maximum atomic E-state index is 2.64. The molecule has 5 atom stereocenters. The van der Waals surface area contributed by atoms with Crippen LogP contribution < -0.4 is 0 Å². The van der Waals surface area contributed by atoms with Crippen molar-refractivity contribution in [1.82, 2.24) is 24.5 Å². The molecule has 5 aliphatic heterocycles. The molecule has 5 nitrogen and oxygen atoms in total. The molecule has 1 spiro atoms. The van der Waals surface area contributed by atoms with Gasteiger partial charge in [-0.25, -0.2) is 0 Å². The fourth-order valence-electron chi connectivity index (χ4n) is 11.2. The van der Waals surface area contributed by atoms with Crippen LogP contribution in [0.1, 0.15) is 165 Å². The Hall–Kier alpha value is -0.200. The van der Waals surface area contributed by atoms with Crippen molar-refractivity contribution in [2.45, 2.75) is 171 Å². The summed E-state index contributed by atoms with van der Waals surface area (Å²) in [6, 6.07) is 0.902. The van der Waals surface area contributed by atoms with E-state index in [2.05, 4.69) is 73.5 Å². The Bertz CT molecular complexity index is 789. The molecule has 3 saturated carbocycles. The van der Waals surface area contributed by atoms with Crippen LogP contribution in [0.5, 0.6) is 0 Å². The van der Waals surface area contributed by atoms with Crippen molar-refractivity contribution in [3.63, 3.8) is 0 Å². The molecule has 0 aromatic rings. The summed E-state index contributed by atoms with van der Waals surface area (Å²) >= 11 is 0. The first kappa shape index (κ1) is 48.8. The number of piperidine rings is 3. The van der Waals surface area contributed by atoms with E-state index in [1.165, 1.54) is 181 Å². The molecule has 8 fully saturated rings. The van der Waals surface area contributed by atoms with Crippen LogP contribution in [-0.4, -0.2) is 124 Å². The highest BCUT2D eigenvalue weighted by atomic mass is 15.3. The van der Waals surface area contributed by atoms with E-state index in [9.17, 15) is 0 Å². The molecule has 5 unspecified atom stereocenters. The van der Waals surface area contributed by atoms with E-state index in [1.807, 2.05) is 13.8 Å². The Kier molecular flexibility index (Phi) is 25.4. The van der Waals surface area contributed by atoms with Gasteiger partial charge in [0.25, 0.3) is 0 Å². The normalized spacial score (nSPS) is 33.4. The lowest BCUT2D eigenvalue weighted by molar-refractivity contribution is 0.0690. The fourth-order valence-corrected chi connectivity index (χ4v) is 11.2. The average Bonchev–Trinajstić information content (AvgIpc) is 3.54. The van der Waals surface area contributed by atoms with Crippen molar-refractivity contribution in [3.8, 4) is 0 Å². The van der Waals surface area contributed by atoms with E-state index in [0.717, 1.165) is 41.0 Å². The van der Waals surface area contributed by atoms with Gasteiger partial charge in [-0.05, 0) is 153 Å². The molecule has 2 bridgehead atoms. The molecule has 5 saturated heterocycles. The van der Waals surface area contributed by atoms with Crippen LogP contribution in [0, 0.1) is 35.0 Å². The van der Waals surface area contributed by atoms with Crippen LogP contribution in [0.25, 0.3) is 0 Å². The molecular formula is C46H97N5. The summed E-state index contributed by atoms with van der Waals surface area (Å²) in [4.78, 5) is 12.7. The van der Waals surface area contributed by atoms with Gasteiger partial charge in [0.15, 0.2) is 0 Å². The average molecular weight is 720 g/mol. The van der Waals surface area contributed by atoms with Crippen LogP contribution in [0.3, 0.4) is 0 Å². The van der Waals surface area contributed by atoms with Crippen molar-refractivity contribution < 1.29 is 0 Å². The van der Waals surface area contributed by atoms with Gasteiger partial charge >= 0.3 is 0 Å². The fraction of sp³-hybridized carbons (Fsp3) is 1.00. The van der Waals surface area contributed by atoms with Crippen LogP contribution in [0.4, 0.5) is 0 Å². The van der Waals surface area contributed by atoms with Gasteiger partial charge in [0, 0.05) is 51.9 Å². The second kappa shape index (κ2) is 26.6. The third-order valence-corrected chi connectivity index (χ3v) is 13.3. The molecule has 5 heteroatoms. The molecule has 0 aromatic heterocycles. The molecule has 3 aliphatic carbocycles. The number of hydrogen-bond acceptors (Lipinski definition) is 5. The van der Waals surface area contributed by atoms with Crippen molar-refractivity contribution in [2.24, 2.45) is 35.0 Å². The Labute approximate surface area is 323 Å². The summed E-state index contributed by atoms with van der Waals surface area (Å²) in [5, 5.41) is 0. The Balaban J connectivity index is 0.000000322. The highest BCUT2D eigenvalue weighted by molar-refractivity contribution is 4.89. The van der Waals surface area contributed by atoms with Crippen LogP contribution in [0.2, 0.25) is 0 Å². The smallest absolute Gasteiger partial charge is 0.0224 e. The van der Waals surface area contributed by atoms with Gasteiger partial charge in [-0.1, -0.05) is 94.4 Å². The summed E-state index contributed by atoms with van der Waals surface area (Å²) in [6.07, 6.45) is 26.6. The van der Waals surface area contributed by atoms with Crippen molar-refractivity contribution in [2.75, 3.05) is 93.6 Å². The van der Waals surface area contributed by atoms with E-state index >= 15 is 0 Å². The van der Waals surface area contributed by atoms with Gasteiger partial charge in [0.05, 0.1) is 0 Å². The van der Waals surface area contributed by atoms with Gasteiger partial charge in [0.2, 0.25) is 0 Å². The second-order valence-corrected chi connectivity index (χ2v) is 18.3. The summed E-state index contributed by atoms with van der Waals surface area (Å²) in [5.41, 5.74) is 0.755. The third kappa shape index (κ3) is 17.4. The summed E-state index contributed by atoms with van der Waals surface area (Å²) in [5.74, 6) is 5.22. The SMILES string of the molecule is C.C.CC.CC1CC2CC(C1)CN(C)C2.CCC.CN1CCC2CCCCC2C1.CN1CCCC2(CCCCC2)C1.CN1CCN2CCCC2C1. The number of rotatable bonds is 0. The molecule has 0 aromatic carbocycles. The van der Waals surface area contributed by atoms with Gasteiger partial charge in [-0.2, -0.15) is 0 Å². The zero-order valence-corrected chi connectivity index (χ0v) is 35.0. The first-order valence-electron chi connectivity index (χ1n) is 22.2. The van der Waals surface area contributed by atoms with E-state index in [0.29, 0.717) is 0 Å². The summed E-state index contributed by atoms with van der Waals surface area (Å²) < 4.78 is 0. The predicted octanol–water partition coefficient (Wildman–Crippen LogP) is 10.9. The van der Waals surface area contributed by atoms with E-state index < -0.39 is 0 Å². The quantitative estimate of drug-likeness (QED) is 0.247. The first-order valence-corrected chi connectivity index (χ1v) is 22.2. The van der Waals surface area contributed by atoms with Gasteiger partial charge in [-0.15, -0.1) is 0 Å². The maximum Gasteiger partial charge on any atom is 0.0224 e. The zero-order valence-electron chi connectivity index (χ0n) is 35.0. The molecular weight excluding hydrogens is 623 g/mol. The minimum Gasteiger partial charge on any atom is -0.306 e. The lowest BCUT2D eigenvalue weighted by Crippen LogP contribution is -2.48. The lowest BCUT2D eigenvalue weighted by atomic mass is 9.69. The van der Waals surface area contributed by atoms with Crippen LogP contribution >= 0.6 is 0 Å². The molecule has 5 heterocycles. The molecule has 8 aliphatic rings. The number of likely N-dealkylation sites (tertiary alicyclic amines) is 3. The largest absolute Gasteiger partial charge is 0.306 e. The van der Waals surface area contributed by atoms with Gasteiger partial charge in [0.1, 0.15) is 0 Å². The minimum atomic E-state index is 0. The molecule has 0 radical (unpaired) electrons. The van der Waals surface area contributed by atoms with E-state index in [1.54, 1.807) is 0 Å². The number of hydrogen-bond donors (Lipinski definition) is 0. The Morgan fingerprint density at radius 3 is 1.73 bits per heavy atom. The Morgan fingerprint density at radius 1 is 0.510 bits per heavy atom. The minimum absolute atomic E-state index is 0. The predicted molar refractivity (Wildman–Crippen MR) is 230 cm³/mol. The second-order valence-electron chi connectivity index (χ2n) is 18.3. The highest BCUT2D eigenvalue weighted by Crippen LogP contribution is 2.43. The monoisotopic (exact) mass is 720 g/mol. The molecule has 8 rings (SSSR count). The summed E-state index contributed by atoms with van der Waals surface area (Å²) in [7, 11) is 9.06. The maximum absolute atomic E-state index is 2.64. The van der Waals surface area contributed by atoms with Crippen LogP contribution in [-0.2, 0) is 0 Å². The molecule has 0 amide bonds. The summed E-state index contributed by atoms with van der Waals surface area (Å²) in [6.45, 7) is 24.1. The van der Waals surface area contributed by atoms with E-state index in [4.69, 9.17) is 0 Å². The topological polar surface area (TPSA) is 16.2 Å². The molecule has 51 heavy (non-hydrogen) atoms. The lowest BCUT2D eigenvalue weighted by Gasteiger charge is -2.44. The molecule has 306 valence electrons. The number of piperazine rings is 1. The van der Waals surface area contributed by atoms with Crippen molar-refractivity contribution in [3.05, 3.63) is 0 Å². The van der Waals surface area contributed by atoms with Crippen molar-refractivity contribution in [1.29, 1.82) is 0 Å². The number of likely N-dealkylation sites (N-methyl/N-ethyl adjacent to an activating group) is 1.